The number of hydrogen-bond donors (Lipinski definition) is 2. The molecule has 2 atom stereocenters. The van der Waals surface area contributed by atoms with Gasteiger partial charge in [-0.1, -0.05) is 0 Å². The number of hydrogen-bond acceptors (Lipinski definition) is 4. The predicted molar refractivity (Wildman–Crippen MR) is 55.2 cm³/mol. The van der Waals surface area contributed by atoms with E-state index >= 15 is 0 Å². The number of nitrogens with zero attached hydrogens (tertiary/aromatic N) is 2. The maximum absolute atomic E-state index is 12.0. The summed E-state index contributed by atoms with van der Waals surface area (Å²) in [6, 6.07) is -0.220. The molecule has 0 radical (unpaired) electrons. The minimum Gasteiger partial charge on any atom is -0.386 e. The molecule has 0 saturated heterocycles. The van der Waals surface area contributed by atoms with E-state index < -0.39 is 12.5 Å². The SMILES string of the molecule is Cc1nccnc1C(C)NCC(O)C(F)F. The van der Waals surface area contributed by atoms with Crippen molar-refractivity contribution < 1.29 is 13.9 Å². The average Bonchev–Trinajstić information content (AvgIpc) is 2.25. The van der Waals surface area contributed by atoms with Crippen molar-refractivity contribution in [3.8, 4) is 0 Å². The van der Waals surface area contributed by atoms with E-state index in [2.05, 4.69) is 15.3 Å². The van der Waals surface area contributed by atoms with Gasteiger partial charge in [0.1, 0.15) is 6.10 Å². The van der Waals surface area contributed by atoms with Crippen molar-refractivity contribution in [2.45, 2.75) is 32.4 Å². The van der Waals surface area contributed by atoms with Crippen molar-refractivity contribution in [2.75, 3.05) is 6.54 Å². The lowest BCUT2D eigenvalue weighted by molar-refractivity contribution is -0.00446. The highest BCUT2D eigenvalue weighted by Crippen LogP contribution is 2.11. The van der Waals surface area contributed by atoms with Gasteiger partial charge in [0.2, 0.25) is 0 Å². The highest BCUT2D eigenvalue weighted by Gasteiger charge is 2.18. The molecule has 1 aromatic rings. The van der Waals surface area contributed by atoms with Gasteiger partial charge < -0.3 is 10.4 Å². The largest absolute Gasteiger partial charge is 0.386 e. The highest BCUT2D eigenvalue weighted by atomic mass is 19.3. The van der Waals surface area contributed by atoms with Gasteiger partial charge in [0, 0.05) is 25.0 Å². The summed E-state index contributed by atoms with van der Waals surface area (Å²) in [5, 5.41) is 11.7. The van der Waals surface area contributed by atoms with E-state index in [1.54, 1.807) is 26.2 Å². The second-order valence-corrected chi connectivity index (χ2v) is 3.56. The number of halogens is 2. The first-order valence-corrected chi connectivity index (χ1v) is 4.99. The summed E-state index contributed by atoms with van der Waals surface area (Å²) < 4.78 is 24.1. The summed E-state index contributed by atoms with van der Waals surface area (Å²) in [4.78, 5) is 8.16. The molecule has 0 spiro atoms. The van der Waals surface area contributed by atoms with Crippen LogP contribution in [-0.4, -0.2) is 34.1 Å². The normalized spacial score (nSPS) is 15.1. The monoisotopic (exact) mass is 231 g/mol. The molecule has 16 heavy (non-hydrogen) atoms. The third-order valence-electron chi connectivity index (χ3n) is 2.25. The molecule has 1 rings (SSSR count). The van der Waals surface area contributed by atoms with E-state index in [0.717, 1.165) is 5.69 Å². The molecule has 0 aromatic carbocycles. The topological polar surface area (TPSA) is 58.0 Å². The van der Waals surface area contributed by atoms with Crippen LogP contribution in [0, 0.1) is 6.92 Å². The van der Waals surface area contributed by atoms with Gasteiger partial charge in [0.05, 0.1) is 11.4 Å². The molecule has 0 aliphatic heterocycles. The Balaban J connectivity index is 2.53. The summed E-state index contributed by atoms with van der Waals surface area (Å²) >= 11 is 0. The fourth-order valence-electron chi connectivity index (χ4n) is 1.33. The molecule has 0 amide bonds. The number of aliphatic hydroxyl groups is 1. The van der Waals surface area contributed by atoms with Crippen LogP contribution in [0.15, 0.2) is 12.4 Å². The second kappa shape index (κ2) is 5.81. The number of nitrogens with one attached hydrogen (secondary N) is 1. The minimum absolute atomic E-state index is 0.172. The van der Waals surface area contributed by atoms with Gasteiger partial charge >= 0.3 is 0 Å². The van der Waals surface area contributed by atoms with Gasteiger partial charge in [-0.2, -0.15) is 0 Å². The quantitative estimate of drug-likeness (QED) is 0.795. The molecule has 90 valence electrons. The first-order valence-electron chi connectivity index (χ1n) is 4.99. The molecule has 0 saturated carbocycles. The van der Waals surface area contributed by atoms with E-state index in [0.29, 0.717) is 5.69 Å². The lowest BCUT2D eigenvalue weighted by atomic mass is 10.2. The van der Waals surface area contributed by atoms with Crippen LogP contribution in [0.2, 0.25) is 0 Å². The minimum atomic E-state index is -2.73. The fourth-order valence-corrected chi connectivity index (χ4v) is 1.33. The Kier molecular flexibility index (Phi) is 4.70. The number of rotatable bonds is 5. The van der Waals surface area contributed by atoms with Gasteiger partial charge in [0.15, 0.2) is 0 Å². The van der Waals surface area contributed by atoms with E-state index in [1.807, 2.05) is 0 Å². The van der Waals surface area contributed by atoms with E-state index in [1.165, 1.54) is 0 Å². The van der Waals surface area contributed by atoms with Crippen molar-refractivity contribution in [3.05, 3.63) is 23.8 Å². The van der Waals surface area contributed by atoms with Gasteiger partial charge in [-0.25, -0.2) is 8.78 Å². The Morgan fingerprint density at radius 2 is 2.00 bits per heavy atom. The Bertz CT molecular complexity index is 336. The molecule has 1 heterocycles. The lowest BCUT2D eigenvalue weighted by Crippen LogP contribution is -2.34. The van der Waals surface area contributed by atoms with Crippen LogP contribution in [0.25, 0.3) is 0 Å². The summed E-state index contributed by atoms with van der Waals surface area (Å²) in [5.74, 6) is 0. The Morgan fingerprint density at radius 1 is 1.38 bits per heavy atom. The van der Waals surface area contributed by atoms with E-state index in [9.17, 15) is 8.78 Å². The molecule has 1 aromatic heterocycles. The molecule has 2 unspecified atom stereocenters. The predicted octanol–water partition coefficient (Wildman–Crippen LogP) is 1.06. The zero-order chi connectivity index (χ0) is 12.1. The van der Waals surface area contributed by atoms with Crippen molar-refractivity contribution >= 4 is 0 Å². The van der Waals surface area contributed by atoms with Crippen LogP contribution in [0.1, 0.15) is 24.4 Å². The van der Waals surface area contributed by atoms with Crippen molar-refractivity contribution in [1.29, 1.82) is 0 Å². The van der Waals surface area contributed by atoms with Crippen molar-refractivity contribution in [1.82, 2.24) is 15.3 Å². The zero-order valence-corrected chi connectivity index (χ0v) is 9.19. The van der Waals surface area contributed by atoms with Gasteiger partial charge in [-0.3, -0.25) is 9.97 Å². The van der Waals surface area contributed by atoms with E-state index in [-0.39, 0.29) is 12.6 Å². The lowest BCUT2D eigenvalue weighted by Gasteiger charge is -2.17. The summed E-state index contributed by atoms with van der Waals surface area (Å²) in [6.45, 7) is 3.41. The Labute approximate surface area is 92.7 Å². The third-order valence-corrected chi connectivity index (χ3v) is 2.25. The zero-order valence-electron chi connectivity index (χ0n) is 9.19. The first-order chi connectivity index (χ1) is 7.52. The van der Waals surface area contributed by atoms with Crippen molar-refractivity contribution in [3.63, 3.8) is 0 Å². The number of aromatic nitrogens is 2. The van der Waals surface area contributed by atoms with Gasteiger partial charge in [0.25, 0.3) is 6.43 Å². The Morgan fingerprint density at radius 3 is 2.56 bits per heavy atom. The van der Waals surface area contributed by atoms with Gasteiger partial charge in [-0.15, -0.1) is 0 Å². The number of alkyl halides is 2. The van der Waals surface area contributed by atoms with Gasteiger partial charge in [-0.05, 0) is 13.8 Å². The maximum atomic E-state index is 12.0. The summed E-state index contributed by atoms with van der Waals surface area (Å²) in [7, 11) is 0. The third kappa shape index (κ3) is 3.46. The summed E-state index contributed by atoms with van der Waals surface area (Å²) in [5.41, 5.74) is 1.44. The molecule has 0 aliphatic rings. The Hall–Kier alpha value is -1.14. The van der Waals surface area contributed by atoms with Crippen LogP contribution in [0.5, 0.6) is 0 Å². The molecular formula is C10H15F2N3O. The molecule has 6 heteroatoms. The molecule has 0 bridgehead atoms. The van der Waals surface area contributed by atoms with Crippen LogP contribution in [-0.2, 0) is 0 Å². The van der Waals surface area contributed by atoms with E-state index in [4.69, 9.17) is 5.11 Å². The smallest absolute Gasteiger partial charge is 0.265 e. The number of aliphatic hydroxyl groups excluding tert-OH is 1. The second-order valence-electron chi connectivity index (χ2n) is 3.56. The fraction of sp³-hybridized carbons (Fsp3) is 0.600. The molecule has 0 fully saturated rings. The standard InChI is InChI=1S/C10H15F2N3O/c1-6-9(14-4-3-13-6)7(2)15-5-8(16)10(11)12/h3-4,7-8,10,15-16H,5H2,1-2H3. The number of aryl methyl sites for hydroxylation is 1. The molecular weight excluding hydrogens is 216 g/mol. The summed E-state index contributed by atoms with van der Waals surface area (Å²) in [6.07, 6.45) is -1.27. The van der Waals surface area contributed by atoms with Crippen LogP contribution < -0.4 is 5.32 Å². The van der Waals surface area contributed by atoms with Crippen molar-refractivity contribution in [2.24, 2.45) is 0 Å². The molecule has 2 N–H and O–H groups in total. The maximum Gasteiger partial charge on any atom is 0.265 e. The molecule has 4 nitrogen and oxygen atoms in total. The van der Waals surface area contributed by atoms with Crippen LogP contribution in [0.4, 0.5) is 8.78 Å². The molecule has 0 aliphatic carbocycles. The highest BCUT2D eigenvalue weighted by molar-refractivity contribution is 5.12. The average molecular weight is 231 g/mol. The van der Waals surface area contributed by atoms with Crippen LogP contribution in [0.3, 0.4) is 0 Å². The first kappa shape index (κ1) is 12.9. The van der Waals surface area contributed by atoms with Crippen LogP contribution >= 0.6 is 0 Å².